The number of hydrogen-bond donors (Lipinski definition) is 2. The topological polar surface area (TPSA) is 104 Å². The van der Waals surface area contributed by atoms with Crippen molar-refractivity contribution in [3.8, 4) is 11.1 Å². The third-order valence-electron chi connectivity index (χ3n) is 6.05. The summed E-state index contributed by atoms with van der Waals surface area (Å²) >= 11 is 8.29. The first-order chi connectivity index (χ1) is 18.0. The van der Waals surface area contributed by atoms with Crippen LogP contribution in [0.5, 0.6) is 0 Å². The molecule has 2 aliphatic rings. The normalized spacial score (nSPS) is 14.9. The van der Waals surface area contributed by atoms with Crippen LogP contribution in [0.4, 0.5) is 17.1 Å². The first-order valence-electron chi connectivity index (χ1n) is 12.0. The Kier molecular flexibility index (Phi) is 11.2. The maximum atomic E-state index is 11.5. The second-order valence-electron chi connectivity index (χ2n) is 8.38. The lowest BCUT2D eigenvalue weighted by molar-refractivity contribution is -0.385. The molecule has 1 unspecified atom stereocenters. The van der Waals surface area contributed by atoms with Crippen molar-refractivity contribution in [3.63, 3.8) is 0 Å². The monoisotopic (exact) mass is 560 g/mol. The van der Waals surface area contributed by atoms with E-state index in [4.69, 9.17) is 16.7 Å². The van der Waals surface area contributed by atoms with Gasteiger partial charge in [0.15, 0.2) is 0 Å². The Morgan fingerprint density at radius 1 is 1.00 bits per heavy atom. The number of carbonyl (C=O) groups is 1. The number of nitro benzene ring substituents is 1. The summed E-state index contributed by atoms with van der Waals surface area (Å²) in [6.07, 6.45) is 9.87. The number of nitro groups is 1. The maximum Gasteiger partial charge on any atom is 0.342 e. The highest BCUT2D eigenvalue weighted by Crippen LogP contribution is 2.52. The summed E-state index contributed by atoms with van der Waals surface area (Å²) in [5, 5.41) is 27.9. The second kappa shape index (κ2) is 14.3. The maximum absolute atomic E-state index is 11.5. The molecule has 1 aliphatic carbocycles. The summed E-state index contributed by atoms with van der Waals surface area (Å²) in [6, 6.07) is 17.9. The highest BCUT2D eigenvalue weighted by Gasteiger charge is 2.24. The van der Waals surface area contributed by atoms with Crippen LogP contribution < -0.4 is 4.90 Å². The lowest BCUT2D eigenvalue weighted by Gasteiger charge is -2.31. The van der Waals surface area contributed by atoms with Crippen molar-refractivity contribution in [3.05, 3.63) is 81.4 Å². The van der Waals surface area contributed by atoms with Gasteiger partial charge in [-0.25, -0.2) is 4.79 Å². The van der Waals surface area contributed by atoms with Gasteiger partial charge in [-0.1, -0.05) is 79.7 Å². The number of hydrogen-bond acceptors (Lipinski definition) is 6. The van der Waals surface area contributed by atoms with E-state index in [9.17, 15) is 20.0 Å². The number of halogens is 1. The van der Waals surface area contributed by atoms with E-state index in [0.717, 1.165) is 29.7 Å². The van der Waals surface area contributed by atoms with Crippen molar-refractivity contribution >= 4 is 53.8 Å². The minimum Gasteiger partial charge on any atom is -0.477 e. The van der Waals surface area contributed by atoms with Gasteiger partial charge in [0.1, 0.15) is 5.56 Å². The fourth-order valence-electron chi connectivity index (χ4n) is 4.25. The third kappa shape index (κ3) is 7.45. The smallest absolute Gasteiger partial charge is 0.342 e. The largest absolute Gasteiger partial charge is 0.477 e. The number of aliphatic hydroxyl groups is 1. The van der Waals surface area contributed by atoms with Crippen molar-refractivity contribution in [2.75, 3.05) is 18.3 Å². The Morgan fingerprint density at radius 2 is 1.62 bits per heavy atom. The zero-order valence-electron chi connectivity index (χ0n) is 20.5. The van der Waals surface area contributed by atoms with Gasteiger partial charge in [-0.05, 0) is 49.7 Å². The average Bonchev–Trinajstić information content (AvgIpc) is 2.95. The lowest BCUT2D eigenvalue weighted by atomic mass is 10.0. The van der Waals surface area contributed by atoms with Gasteiger partial charge in [0.2, 0.25) is 0 Å². The molecule has 7 nitrogen and oxygen atoms in total. The summed E-state index contributed by atoms with van der Waals surface area (Å²) in [5.74, 6) is -1.35. The number of rotatable bonds is 4. The Hall–Kier alpha value is -2.64. The molecule has 0 bridgehead atoms. The molecule has 0 radical (unpaired) electrons. The number of aliphatic hydroxyl groups excluding tert-OH is 1. The molecule has 0 amide bonds. The van der Waals surface area contributed by atoms with Crippen molar-refractivity contribution in [1.82, 2.24) is 0 Å². The molecule has 3 aromatic rings. The van der Waals surface area contributed by atoms with Crippen LogP contribution in [0.25, 0.3) is 11.1 Å². The van der Waals surface area contributed by atoms with Crippen molar-refractivity contribution in [1.29, 1.82) is 0 Å². The standard InChI is InChI=1S/C20H14ClN2O4PS.C6H12.CH4O/c21-16-10-18-19(29-28-11-22(18)13-4-2-1-3-5-13)9-14(16)12-6-7-17(23(26)27)15(8-12)20(24)25;1-2-4-6-5-3-1;1-2/h1-10,28H,11H2,(H,24,25);1-6H2;2H,1H3. The quantitative estimate of drug-likeness (QED) is 0.188. The van der Waals surface area contributed by atoms with E-state index in [2.05, 4.69) is 4.90 Å². The molecule has 3 aromatic carbocycles. The highest BCUT2D eigenvalue weighted by atomic mass is 35.5. The molecular formula is C27H30ClN2O5PS. The van der Waals surface area contributed by atoms with Crippen LogP contribution in [0, 0.1) is 10.1 Å². The van der Waals surface area contributed by atoms with Crippen LogP contribution in [-0.4, -0.2) is 34.5 Å². The zero-order chi connectivity index (χ0) is 26.8. The van der Waals surface area contributed by atoms with E-state index in [0.29, 0.717) is 23.9 Å². The lowest BCUT2D eigenvalue weighted by Crippen LogP contribution is -2.18. The number of benzene rings is 3. The Labute approximate surface area is 227 Å². The van der Waals surface area contributed by atoms with Gasteiger partial charge in [0.05, 0.1) is 15.6 Å². The van der Waals surface area contributed by atoms with Gasteiger partial charge in [0, 0.05) is 35.6 Å². The van der Waals surface area contributed by atoms with Crippen LogP contribution in [0.2, 0.25) is 5.02 Å². The van der Waals surface area contributed by atoms with Crippen molar-refractivity contribution < 1.29 is 19.9 Å². The SMILES string of the molecule is C1CCCCC1.CO.O=C(O)c1cc(-c2cc3c(cc2Cl)N(c2ccccc2)CPS3)ccc1[N+](=O)[O-]. The van der Waals surface area contributed by atoms with E-state index < -0.39 is 16.6 Å². The molecule has 0 saturated heterocycles. The average molecular weight is 561 g/mol. The molecule has 2 N–H and O–H groups in total. The van der Waals surface area contributed by atoms with Gasteiger partial charge in [-0.2, -0.15) is 0 Å². The third-order valence-corrected chi connectivity index (χ3v) is 8.98. The van der Waals surface area contributed by atoms with Gasteiger partial charge >= 0.3 is 5.97 Å². The van der Waals surface area contributed by atoms with Crippen LogP contribution in [0.1, 0.15) is 48.9 Å². The van der Waals surface area contributed by atoms with Gasteiger partial charge in [-0.3, -0.25) is 10.1 Å². The number of para-hydroxylation sites is 1. The van der Waals surface area contributed by atoms with Gasteiger partial charge < -0.3 is 15.1 Å². The van der Waals surface area contributed by atoms with Crippen LogP contribution >= 0.6 is 30.8 Å². The number of aromatic carboxylic acids is 1. The van der Waals surface area contributed by atoms with Crippen LogP contribution in [0.15, 0.2) is 65.6 Å². The van der Waals surface area contributed by atoms with E-state index >= 15 is 0 Å². The number of carboxylic acids is 1. The molecule has 196 valence electrons. The molecule has 1 heterocycles. The van der Waals surface area contributed by atoms with E-state index in [-0.39, 0.29) is 5.56 Å². The Bertz CT molecular complexity index is 1210. The summed E-state index contributed by atoms with van der Waals surface area (Å²) in [4.78, 5) is 25.1. The molecule has 0 spiro atoms. The number of fused-ring (bicyclic) bond motifs is 1. The first-order valence-corrected chi connectivity index (χ1v) is 15.1. The number of anilines is 2. The first kappa shape index (κ1) is 28.9. The predicted molar refractivity (Wildman–Crippen MR) is 154 cm³/mol. The number of carboxylic acid groups (broad SMARTS) is 1. The van der Waals surface area contributed by atoms with Gasteiger partial charge in [-0.15, -0.1) is 0 Å². The summed E-state index contributed by atoms with van der Waals surface area (Å²) in [7, 11) is 1.63. The van der Waals surface area contributed by atoms with E-state index in [1.165, 1.54) is 56.7 Å². The van der Waals surface area contributed by atoms with Crippen LogP contribution in [0.3, 0.4) is 0 Å². The van der Waals surface area contributed by atoms with Gasteiger partial charge in [0.25, 0.3) is 5.69 Å². The molecule has 10 heteroatoms. The van der Waals surface area contributed by atoms with E-state index in [1.807, 2.05) is 42.5 Å². The fraction of sp³-hybridized carbons (Fsp3) is 0.296. The molecule has 1 aliphatic heterocycles. The second-order valence-corrected chi connectivity index (χ2v) is 11.5. The van der Waals surface area contributed by atoms with Crippen molar-refractivity contribution in [2.45, 2.75) is 43.4 Å². The fourth-order valence-corrected chi connectivity index (χ4v) is 7.21. The van der Waals surface area contributed by atoms with Crippen LogP contribution in [-0.2, 0) is 0 Å². The molecule has 1 atom stereocenters. The molecule has 1 fully saturated rings. The molecule has 37 heavy (non-hydrogen) atoms. The highest BCUT2D eigenvalue weighted by molar-refractivity contribution is 8.49. The minimum absolute atomic E-state index is 0.360. The Balaban J connectivity index is 0.000000412. The Morgan fingerprint density at radius 3 is 2.19 bits per heavy atom. The molecule has 0 aromatic heterocycles. The zero-order valence-corrected chi connectivity index (χ0v) is 23.1. The van der Waals surface area contributed by atoms with E-state index in [1.54, 1.807) is 11.4 Å². The molecular weight excluding hydrogens is 531 g/mol. The summed E-state index contributed by atoms with van der Waals surface area (Å²) < 4.78 is 0. The predicted octanol–water partition coefficient (Wildman–Crippen LogP) is 8.36. The minimum atomic E-state index is -1.35. The number of nitrogens with zero attached hydrogens (tertiary/aromatic N) is 2. The summed E-state index contributed by atoms with van der Waals surface area (Å²) in [5.41, 5.74) is 2.45. The summed E-state index contributed by atoms with van der Waals surface area (Å²) in [6.45, 7) is 0. The molecule has 5 rings (SSSR count). The van der Waals surface area contributed by atoms with Crippen molar-refractivity contribution in [2.24, 2.45) is 0 Å². The molecule has 1 saturated carbocycles.